The Hall–Kier alpha value is -2.04. The molecule has 0 fully saturated rings. The maximum absolute atomic E-state index is 12.9. The molecule has 0 radical (unpaired) electrons. The van der Waals surface area contributed by atoms with Crippen molar-refractivity contribution < 1.29 is 27.4 Å². The molecule has 1 aromatic rings. The Morgan fingerprint density at radius 1 is 1.50 bits per heavy atom. The molecule has 0 aliphatic carbocycles. The minimum atomic E-state index is -5.12. The van der Waals surface area contributed by atoms with E-state index in [-0.39, 0.29) is 0 Å². The first-order valence-electron chi connectivity index (χ1n) is 3.84. The van der Waals surface area contributed by atoms with Crippen molar-refractivity contribution in [3.05, 3.63) is 17.7 Å². The Morgan fingerprint density at radius 3 is 2.62 bits per heavy atom. The Labute approximate surface area is 86.7 Å². The predicted octanol–water partition coefficient (Wildman–Crippen LogP) is 1.89. The molecular weight excluding hydrogens is 232 g/mol. The van der Waals surface area contributed by atoms with Crippen LogP contribution >= 0.6 is 0 Å². The fourth-order valence-corrected chi connectivity index (χ4v) is 0.965. The fraction of sp³-hybridized carbons (Fsp3) is 0.250. The van der Waals surface area contributed by atoms with Gasteiger partial charge in [-0.3, -0.25) is 0 Å². The van der Waals surface area contributed by atoms with E-state index in [2.05, 4.69) is 9.72 Å². The Bertz CT molecular complexity index is 439. The first-order valence-corrected chi connectivity index (χ1v) is 3.84. The second kappa shape index (κ2) is 4.22. The molecule has 0 amide bonds. The van der Waals surface area contributed by atoms with Crippen LogP contribution in [0, 0.1) is 17.3 Å². The maximum Gasteiger partial charge on any atom is 0.573 e. The van der Waals surface area contributed by atoms with Crippen molar-refractivity contribution in [2.24, 2.45) is 0 Å². The number of aromatic hydroxyl groups is 1. The molecule has 86 valence electrons. The van der Waals surface area contributed by atoms with Crippen molar-refractivity contribution in [1.29, 1.82) is 5.26 Å². The van der Waals surface area contributed by atoms with Gasteiger partial charge in [0.2, 0.25) is 0 Å². The smallest absolute Gasteiger partial charge is 0.506 e. The number of nitriles is 1. The normalized spacial score (nSPS) is 10.9. The van der Waals surface area contributed by atoms with E-state index in [1.165, 1.54) is 6.07 Å². The summed E-state index contributed by atoms with van der Waals surface area (Å²) in [6.07, 6.45) is -5.15. The van der Waals surface area contributed by atoms with Crippen molar-refractivity contribution in [3.63, 3.8) is 0 Å². The van der Waals surface area contributed by atoms with Gasteiger partial charge in [-0.1, -0.05) is 0 Å². The lowest BCUT2D eigenvalue weighted by molar-refractivity contribution is -0.276. The second-order valence-electron chi connectivity index (χ2n) is 2.62. The highest BCUT2D eigenvalue weighted by Crippen LogP contribution is 2.33. The summed E-state index contributed by atoms with van der Waals surface area (Å²) in [5, 5.41) is 17.4. The summed E-state index contributed by atoms with van der Waals surface area (Å²) in [6, 6.07) is 1.48. The van der Waals surface area contributed by atoms with Crippen molar-refractivity contribution in [2.75, 3.05) is 0 Å². The van der Waals surface area contributed by atoms with E-state index in [1.807, 2.05) is 0 Å². The quantitative estimate of drug-likeness (QED) is 0.629. The lowest BCUT2D eigenvalue weighted by Crippen LogP contribution is -2.19. The summed E-state index contributed by atoms with van der Waals surface area (Å²) < 4.78 is 52.0. The summed E-state index contributed by atoms with van der Waals surface area (Å²) in [6.45, 7) is 0. The number of pyridine rings is 1. The third-order valence-corrected chi connectivity index (χ3v) is 1.54. The Morgan fingerprint density at radius 2 is 2.12 bits per heavy atom. The zero-order chi connectivity index (χ0) is 12.3. The van der Waals surface area contributed by atoms with Crippen LogP contribution in [0.3, 0.4) is 0 Å². The Kier molecular flexibility index (Phi) is 3.17. The van der Waals surface area contributed by atoms with Gasteiger partial charge in [0.15, 0.2) is 5.75 Å². The van der Waals surface area contributed by atoms with E-state index in [9.17, 15) is 17.6 Å². The highest BCUT2D eigenvalue weighted by atomic mass is 19.4. The molecule has 0 saturated heterocycles. The van der Waals surface area contributed by atoms with Gasteiger partial charge in [-0.15, -0.1) is 13.2 Å². The predicted molar refractivity (Wildman–Crippen MR) is 41.9 cm³/mol. The minimum Gasteiger partial charge on any atom is -0.506 e. The SMILES string of the molecule is N#CCc1c(O)cnc(F)c1OC(F)(F)F. The first-order chi connectivity index (χ1) is 7.35. The number of hydrogen-bond donors (Lipinski definition) is 1. The number of nitrogens with zero attached hydrogens (tertiary/aromatic N) is 2. The number of rotatable bonds is 2. The zero-order valence-corrected chi connectivity index (χ0v) is 7.55. The summed E-state index contributed by atoms with van der Waals surface area (Å²) in [4.78, 5) is 2.85. The van der Waals surface area contributed by atoms with Crippen LogP contribution in [0.5, 0.6) is 11.5 Å². The number of halogens is 4. The first kappa shape index (κ1) is 12.0. The van der Waals surface area contributed by atoms with Gasteiger partial charge in [0.25, 0.3) is 5.95 Å². The molecule has 4 nitrogen and oxygen atoms in total. The van der Waals surface area contributed by atoms with E-state index in [1.54, 1.807) is 0 Å². The van der Waals surface area contributed by atoms with Crippen molar-refractivity contribution >= 4 is 0 Å². The van der Waals surface area contributed by atoms with E-state index in [4.69, 9.17) is 10.4 Å². The van der Waals surface area contributed by atoms with Gasteiger partial charge in [-0.05, 0) is 0 Å². The lowest BCUT2D eigenvalue weighted by Gasteiger charge is -2.12. The number of aromatic nitrogens is 1. The molecule has 0 aromatic carbocycles. The monoisotopic (exact) mass is 236 g/mol. The maximum atomic E-state index is 12.9. The van der Waals surface area contributed by atoms with Gasteiger partial charge < -0.3 is 9.84 Å². The van der Waals surface area contributed by atoms with Gasteiger partial charge in [-0.25, -0.2) is 4.98 Å². The van der Waals surface area contributed by atoms with Crippen LogP contribution in [0.15, 0.2) is 6.20 Å². The average molecular weight is 236 g/mol. The molecular formula is C8H4F4N2O2. The molecule has 0 saturated carbocycles. The number of ether oxygens (including phenoxy) is 1. The summed E-state index contributed by atoms with van der Waals surface area (Å²) in [5.41, 5.74) is -0.590. The van der Waals surface area contributed by atoms with Crippen LogP contribution in [0.2, 0.25) is 0 Å². The summed E-state index contributed by atoms with van der Waals surface area (Å²) >= 11 is 0. The van der Waals surface area contributed by atoms with Gasteiger partial charge in [-0.2, -0.15) is 9.65 Å². The molecule has 0 spiro atoms. The third-order valence-electron chi connectivity index (χ3n) is 1.54. The molecule has 16 heavy (non-hydrogen) atoms. The number of hydrogen-bond acceptors (Lipinski definition) is 4. The van der Waals surface area contributed by atoms with Gasteiger partial charge in [0, 0.05) is 0 Å². The topological polar surface area (TPSA) is 66.1 Å². The van der Waals surface area contributed by atoms with Crippen molar-refractivity contribution in [3.8, 4) is 17.6 Å². The second-order valence-corrected chi connectivity index (χ2v) is 2.62. The summed E-state index contributed by atoms with van der Waals surface area (Å²) in [5.74, 6) is -3.56. The van der Waals surface area contributed by atoms with Gasteiger partial charge in [0.05, 0.1) is 24.3 Å². The molecule has 1 heterocycles. The zero-order valence-electron chi connectivity index (χ0n) is 7.55. The van der Waals surface area contributed by atoms with E-state index < -0.39 is 35.8 Å². The van der Waals surface area contributed by atoms with Crippen LogP contribution in [0.1, 0.15) is 5.56 Å². The molecule has 8 heteroatoms. The van der Waals surface area contributed by atoms with E-state index >= 15 is 0 Å². The van der Waals surface area contributed by atoms with Crippen LogP contribution in [-0.2, 0) is 6.42 Å². The van der Waals surface area contributed by atoms with Crippen LogP contribution in [-0.4, -0.2) is 16.5 Å². The van der Waals surface area contributed by atoms with Crippen LogP contribution in [0.4, 0.5) is 17.6 Å². The molecule has 0 atom stereocenters. The fourth-order valence-electron chi connectivity index (χ4n) is 0.965. The molecule has 1 aromatic heterocycles. The van der Waals surface area contributed by atoms with Gasteiger partial charge in [0.1, 0.15) is 5.75 Å². The Balaban J connectivity index is 3.24. The van der Waals surface area contributed by atoms with Gasteiger partial charge >= 0.3 is 6.36 Å². The minimum absolute atomic E-state index is 0.590. The van der Waals surface area contributed by atoms with E-state index in [0.29, 0.717) is 6.20 Å². The molecule has 1 N–H and O–H groups in total. The van der Waals surface area contributed by atoms with Crippen molar-refractivity contribution in [1.82, 2.24) is 4.98 Å². The van der Waals surface area contributed by atoms with Crippen LogP contribution in [0.25, 0.3) is 0 Å². The average Bonchev–Trinajstić information content (AvgIpc) is 2.15. The molecule has 0 unspecified atom stereocenters. The number of alkyl halides is 3. The molecule has 1 rings (SSSR count). The third kappa shape index (κ3) is 2.73. The van der Waals surface area contributed by atoms with Crippen LogP contribution < -0.4 is 4.74 Å². The summed E-state index contributed by atoms with van der Waals surface area (Å²) in [7, 11) is 0. The molecule has 0 aliphatic rings. The van der Waals surface area contributed by atoms with E-state index in [0.717, 1.165) is 0 Å². The van der Waals surface area contributed by atoms with Crippen molar-refractivity contribution in [2.45, 2.75) is 12.8 Å². The highest BCUT2D eigenvalue weighted by molar-refractivity contribution is 5.43. The standard InChI is InChI=1S/C8H4F4N2O2/c9-7-6(16-8(10,11)12)4(1-2-13)5(15)3-14-7/h3,15H,1H2. The lowest BCUT2D eigenvalue weighted by atomic mass is 10.2. The molecule has 0 aliphatic heterocycles. The largest absolute Gasteiger partial charge is 0.573 e. The highest BCUT2D eigenvalue weighted by Gasteiger charge is 2.34. The molecule has 0 bridgehead atoms.